The molecular weight excluding hydrogens is 211 g/mol. The molecule has 0 amide bonds. The van der Waals surface area contributed by atoms with Crippen LogP contribution in [0.25, 0.3) is 0 Å². The molecule has 0 N–H and O–H groups in total. The molecule has 0 fully saturated rings. The average Bonchev–Trinajstić information content (AvgIpc) is 2.05. The van der Waals surface area contributed by atoms with Crippen molar-refractivity contribution in [3.63, 3.8) is 0 Å². The van der Waals surface area contributed by atoms with Crippen LogP contribution in [0.3, 0.4) is 0 Å². The maximum absolute atomic E-state index is 10.5. The summed E-state index contributed by atoms with van der Waals surface area (Å²) in [5.74, 6) is 0.570. The van der Waals surface area contributed by atoms with Gasteiger partial charge in [-0.15, -0.1) is 0 Å². The van der Waals surface area contributed by atoms with Crippen molar-refractivity contribution in [1.29, 1.82) is 0 Å². The molecule has 0 saturated carbocycles. The SMILES string of the molecule is CC(C)Cc1ccc(CP(=O)([O-])[O-])cc1. The molecule has 0 atom stereocenters. The third-order valence-corrected chi connectivity index (χ3v) is 2.80. The molecule has 0 aliphatic heterocycles. The van der Waals surface area contributed by atoms with Crippen molar-refractivity contribution in [3.8, 4) is 0 Å². The van der Waals surface area contributed by atoms with Gasteiger partial charge in [-0.05, 0) is 23.5 Å². The Bertz CT molecular complexity index is 351. The summed E-state index contributed by atoms with van der Waals surface area (Å²) in [4.78, 5) is 21.1. The lowest BCUT2D eigenvalue weighted by atomic mass is 10.0. The van der Waals surface area contributed by atoms with Crippen molar-refractivity contribution in [2.75, 3.05) is 0 Å². The predicted molar refractivity (Wildman–Crippen MR) is 56.3 cm³/mol. The van der Waals surface area contributed by atoms with Crippen molar-refractivity contribution < 1.29 is 14.4 Å². The van der Waals surface area contributed by atoms with Crippen LogP contribution in [0.5, 0.6) is 0 Å². The van der Waals surface area contributed by atoms with Gasteiger partial charge in [-0.1, -0.05) is 45.7 Å². The topological polar surface area (TPSA) is 63.2 Å². The Labute approximate surface area is 90.3 Å². The lowest BCUT2D eigenvalue weighted by Crippen LogP contribution is -2.15. The molecule has 3 nitrogen and oxygen atoms in total. The summed E-state index contributed by atoms with van der Waals surface area (Å²) in [6.07, 6.45) is 0.571. The van der Waals surface area contributed by atoms with E-state index in [2.05, 4.69) is 13.8 Å². The molecule has 0 spiro atoms. The highest BCUT2D eigenvalue weighted by Crippen LogP contribution is 2.29. The standard InChI is InChI=1S/C11H17O3P/c1-9(2)7-10-3-5-11(6-4-10)8-15(12,13)14/h3-6,9H,7-8H2,1-2H3,(H2,12,13,14)/p-2. The second kappa shape index (κ2) is 4.93. The molecule has 4 heteroatoms. The molecule has 0 aromatic heterocycles. The fraction of sp³-hybridized carbons (Fsp3) is 0.455. The van der Waals surface area contributed by atoms with Gasteiger partial charge in [-0.3, -0.25) is 0 Å². The van der Waals surface area contributed by atoms with Gasteiger partial charge >= 0.3 is 0 Å². The van der Waals surface area contributed by atoms with E-state index >= 15 is 0 Å². The second-order valence-corrected chi connectivity index (χ2v) is 5.72. The van der Waals surface area contributed by atoms with E-state index in [1.165, 1.54) is 5.56 Å². The molecular formula is C11H15O3P-2. The van der Waals surface area contributed by atoms with Crippen LogP contribution in [-0.2, 0) is 17.1 Å². The minimum atomic E-state index is -4.43. The Morgan fingerprint density at radius 3 is 2.00 bits per heavy atom. The van der Waals surface area contributed by atoms with E-state index in [4.69, 9.17) is 0 Å². The van der Waals surface area contributed by atoms with Crippen LogP contribution in [0.4, 0.5) is 0 Å². The Balaban J connectivity index is 2.68. The van der Waals surface area contributed by atoms with Crippen molar-refractivity contribution in [2.24, 2.45) is 5.92 Å². The van der Waals surface area contributed by atoms with Crippen molar-refractivity contribution in [2.45, 2.75) is 26.4 Å². The highest BCUT2D eigenvalue weighted by atomic mass is 31.2. The zero-order valence-corrected chi connectivity index (χ0v) is 9.87. The van der Waals surface area contributed by atoms with E-state index in [0.717, 1.165) is 6.42 Å². The van der Waals surface area contributed by atoms with Crippen LogP contribution < -0.4 is 9.79 Å². The Morgan fingerprint density at radius 1 is 1.13 bits per heavy atom. The van der Waals surface area contributed by atoms with Gasteiger partial charge in [0, 0.05) is 6.16 Å². The molecule has 0 saturated heterocycles. The van der Waals surface area contributed by atoms with Crippen molar-refractivity contribution in [3.05, 3.63) is 35.4 Å². The summed E-state index contributed by atoms with van der Waals surface area (Å²) in [6.45, 7) is 4.24. The Kier molecular flexibility index (Phi) is 4.09. The first-order chi connectivity index (χ1) is 6.87. The number of hydrogen-bond donors (Lipinski definition) is 0. The van der Waals surface area contributed by atoms with Crippen LogP contribution in [-0.4, -0.2) is 0 Å². The van der Waals surface area contributed by atoms with Crippen LogP contribution >= 0.6 is 7.60 Å². The van der Waals surface area contributed by atoms with Crippen molar-refractivity contribution >= 4 is 7.60 Å². The lowest BCUT2D eigenvalue weighted by Gasteiger charge is -2.29. The summed E-state index contributed by atoms with van der Waals surface area (Å²) in [5, 5.41) is 0. The molecule has 0 aliphatic rings. The van der Waals surface area contributed by atoms with E-state index < -0.39 is 13.8 Å². The van der Waals surface area contributed by atoms with Gasteiger partial charge in [-0.25, -0.2) is 0 Å². The minimum Gasteiger partial charge on any atom is -0.810 e. The first kappa shape index (κ1) is 12.4. The first-order valence-corrected chi connectivity index (χ1v) is 6.68. The van der Waals surface area contributed by atoms with Gasteiger partial charge in [0.15, 0.2) is 0 Å². The van der Waals surface area contributed by atoms with E-state index in [9.17, 15) is 14.4 Å². The third-order valence-electron chi connectivity index (χ3n) is 2.04. The third kappa shape index (κ3) is 5.12. The van der Waals surface area contributed by atoms with Gasteiger partial charge in [0.25, 0.3) is 0 Å². The summed E-state index contributed by atoms with van der Waals surface area (Å²) < 4.78 is 10.5. The lowest BCUT2D eigenvalue weighted by molar-refractivity contribution is -0.314. The number of hydrogen-bond acceptors (Lipinski definition) is 3. The quantitative estimate of drug-likeness (QED) is 0.727. The minimum absolute atomic E-state index is 0.394. The normalized spacial score (nSPS) is 12.1. The molecule has 1 rings (SSSR count). The molecule has 0 bridgehead atoms. The summed E-state index contributed by atoms with van der Waals surface area (Å²) in [5.41, 5.74) is 1.73. The van der Waals surface area contributed by atoms with Gasteiger partial charge < -0.3 is 14.4 Å². The monoisotopic (exact) mass is 226 g/mol. The predicted octanol–water partition coefficient (Wildman–Crippen LogP) is 1.30. The molecule has 0 aliphatic carbocycles. The fourth-order valence-corrected chi connectivity index (χ4v) is 2.13. The zero-order valence-electron chi connectivity index (χ0n) is 8.97. The molecule has 84 valence electrons. The van der Waals surface area contributed by atoms with E-state index in [1.54, 1.807) is 12.1 Å². The maximum atomic E-state index is 10.5. The summed E-state index contributed by atoms with van der Waals surface area (Å²) in [7, 11) is -4.43. The largest absolute Gasteiger partial charge is 0.810 e. The van der Waals surface area contributed by atoms with Gasteiger partial charge in [-0.2, -0.15) is 0 Å². The maximum Gasteiger partial charge on any atom is 0.000222 e. The van der Waals surface area contributed by atoms with Crippen LogP contribution in [0.2, 0.25) is 0 Å². The van der Waals surface area contributed by atoms with Crippen LogP contribution in [0.15, 0.2) is 24.3 Å². The average molecular weight is 226 g/mol. The highest BCUT2D eigenvalue weighted by molar-refractivity contribution is 7.47. The summed E-state index contributed by atoms with van der Waals surface area (Å²) in [6, 6.07) is 7.18. The molecule has 0 radical (unpaired) electrons. The van der Waals surface area contributed by atoms with E-state index in [0.29, 0.717) is 11.5 Å². The first-order valence-electron chi connectivity index (χ1n) is 4.96. The Hall–Kier alpha value is -0.630. The zero-order chi connectivity index (χ0) is 11.5. The van der Waals surface area contributed by atoms with Gasteiger partial charge in [0.2, 0.25) is 0 Å². The Morgan fingerprint density at radius 2 is 1.60 bits per heavy atom. The molecule has 0 unspecified atom stereocenters. The second-order valence-electron chi connectivity index (χ2n) is 4.18. The van der Waals surface area contributed by atoms with Crippen LogP contribution in [0, 0.1) is 5.92 Å². The van der Waals surface area contributed by atoms with E-state index in [1.807, 2.05) is 12.1 Å². The van der Waals surface area contributed by atoms with Crippen LogP contribution in [0.1, 0.15) is 25.0 Å². The fourth-order valence-electron chi connectivity index (χ4n) is 1.48. The highest BCUT2D eigenvalue weighted by Gasteiger charge is 1.99. The summed E-state index contributed by atoms with van der Waals surface area (Å²) >= 11 is 0. The van der Waals surface area contributed by atoms with Crippen molar-refractivity contribution in [1.82, 2.24) is 0 Å². The number of benzene rings is 1. The molecule has 15 heavy (non-hydrogen) atoms. The van der Waals surface area contributed by atoms with E-state index in [-0.39, 0.29) is 0 Å². The molecule has 0 heterocycles. The smallest absolute Gasteiger partial charge is 0.000222 e. The molecule has 1 aromatic rings. The molecule has 1 aromatic carbocycles. The van der Waals surface area contributed by atoms with Gasteiger partial charge in [0.05, 0.1) is 0 Å². The van der Waals surface area contributed by atoms with Gasteiger partial charge in [0.1, 0.15) is 0 Å². The number of rotatable bonds is 4.